The zero-order valence-electron chi connectivity index (χ0n) is 11.0. The molecule has 0 atom stereocenters. The average molecular weight is 259 g/mol. The third kappa shape index (κ3) is 7.63. The number of amides is 1. The van der Waals surface area contributed by atoms with Crippen molar-refractivity contribution in [1.29, 1.82) is 0 Å². The van der Waals surface area contributed by atoms with E-state index in [9.17, 15) is 4.79 Å². The van der Waals surface area contributed by atoms with Gasteiger partial charge in [-0.3, -0.25) is 4.79 Å². The smallest absolute Gasteiger partial charge is 0.230 e. The molecule has 1 aliphatic rings. The number of nitrogens with one attached hydrogen (secondary N) is 2. The maximum atomic E-state index is 11.6. The number of nitrogens with zero attached hydrogens (tertiary/aromatic N) is 1. The highest BCUT2D eigenvalue weighted by molar-refractivity contribution is 8.00. The highest BCUT2D eigenvalue weighted by Gasteiger charge is 2.14. The molecule has 0 unspecified atom stereocenters. The zero-order valence-corrected chi connectivity index (χ0v) is 11.8. The van der Waals surface area contributed by atoms with E-state index < -0.39 is 0 Å². The molecular formula is C12H25N3OS. The van der Waals surface area contributed by atoms with Gasteiger partial charge in [-0.1, -0.05) is 0 Å². The first kappa shape index (κ1) is 14.8. The first-order valence-corrected chi connectivity index (χ1v) is 7.47. The molecule has 1 amide bonds. The van der Waals surface area contributed by atoms with Gasteiger partial charge in [-0.15, -0.1) is 11.8 Å². The van der Waals surface area contributed by atoms with Gasteiger partial charge in [0.1, 0.15) is 0 Å². The van der Waals surface area contributed by atoms with Crippen molar-refractivity contribution >= 4 is 17.7 Å². The number of hydrogen-bond acceptors (Lipinski definition) is 4. The number of hydrogen-bond donors (Lipinski definition) is 2. The molecule has 2 N–H and O–H groups in total. The fourth-order valence-corrected chi connectivity index (χ4v) is 2.89. The van der Waals surface area contributed by atoms with Crippen LogP contribution in [0.1, 0.15) is 19.3 Å². The average Bonchev–Trinajstić information content (AvgIpc) is 2.33. The van der Waals surface area contributed by atoms with Crippen LogP contribution < -0.4 is 10.6 Å². The number of carbonyl (C=O) groups is 1. The van der Waals surface area contributed by atoms with Crippen LogP contribution in [-0.4, -0.2) is 62.1 Å². The summed E-state index contributed by atoms with van der Waals surface area (Å²) in [6, 6.07) is 0. The van der Waals surface area contributed by atoms with Crippen LogP contribution in [0.5, 0.6) is 0 Å². The molecule has 1 rings (SSSR count). The number of piperidine rings is 1. The van der Waals surface area contributed by atoms with Crippen molar-refractivity contribution in [2.75, 3.05) is 46.0 Å². The Kier molecular flexibility index (Phi) is 7.64. The van der Waals surface area contributed by atoms with Crippen LogP contribution in [0.4, 0.5) is 0 Å². The molecule has 0 radical (unpaired) electrons. The molecule has 4 nitrogen and oxygen atoms in total. The second-order valence-corrected chi connectivity index (χ2v) is 6.06. The molecule has 1 aliphatic heterocycles. The second kappa shape index (κ2) is 8.78. The SMILES string of the molecule is CN(C)CCCNC(=O)CSC1CCNCC1. The summed E-state index contributed by atoms with van der Waals surface area (Å²) in [4.78, 5) is 13.7. The third-order valence-electron chi connectivity index (χ3n) is 2.84. The second-order valence-electron chi connectivity index (χ2n) is 4.77. The van der Waals surface area contributed by atoms with Crippen molar-refractivity contribution in [1.82, 2.24) is 15.5 Å². The lowest BCUT2D eigenvalue weighted by Gasteiger charge is -2.21. The molecule has 0 bridgehead atoms. The highest BCUT2D eigenvalue weighted by Crippen LogP contribution is 2.19. The van der Waals surface area contributed by atoms with Gasteiger partial charge in [-0.05, 0) is 53.0 Å². The van der Waals surface area contributed by atoms with Crippen LogP contribution in [0, 0.1) is 0 Å². The summed E-state index contributed by atoms with van der Waals surface area (Å²) in [7, 11) is 4.10. The van der Waals surface area contributed by atoms with E-state index in [0.717, 1.165) is 32.6 Å². The summed E-state index contributed by atoms with van der Waals surface area (Å²) in [6.07, 6.45) is 3.41. The van der Waals surface area contributed by atoms with E-state index in [-0.39, 0.29) is 5.91 Å². The Balaban J connectivity index is 1.96. The molecule has 0 spiro atoms. The monoisotopic (exact) mass is 259 g/mol. The van der Waals surface area contributed by atoms with Gasteiger partial charge in [0.2, 0.25) is 5.91 Å². The summed E-state index contributed by atoms with van der Waals surface area (Å²) in [5.74, 6) is 0.805. The minimum atomic E-state index is 0.187. The summed E-state index contributed by atoms with van der Waals surface area (Å²) in [5, 5.41) is 6.98. The molecule has 0 aromatic carbocycles. The molecule has 0 aromatic heterocycles. The number of rotatable bonds is 7. The van der Waals surface area contributed by atoms with Gasteiger partial charge >= 0.3 is 0 Å². The van der Waals surface area contributed by atoms with Gasteiger partial charge in [0, 0.05) is 11.8 Å². The lowest BCUT2D eigenvalue weighted by Crippen LogP contribution is -2.32. The molecule has 1 fully saturated rings. The van der Waals surface area contributed by atoms with Crippen molar-refractivity contribution < 1.29 is 4.79 Å². The van der Waals surface area contributed by atoms with Crippen molar-refractivity contribution in [3.05, 3.63) is 0 Å². The lowest BCUT2D eigenvalue weighted by molar-refractivity contribution is -0.118. The van der Waals surface area contributed by atoms with E-state index in [4.69, 9.17) is 0 Å². The Hall–Kier alpha value is -0.260. The molecule has 0 aromatic rings. The van der Waals surface area contributed by atoms with Crippen molar-refractivity contribution in [2.24, 2.45) is 0 Å². The molecule has 0 aliphatic carbocycles. The van der Waals surface area contributed by atoms with Crippen LogP contribution in [0.15, 0.2) is 0 Å². The Bertz CT molecular complexity index is 218. The predicted octanol–water partition coefficient (Wildman–Crippen LogP) is 0.540. The normalized spacial score (nSPS) is 17.4. The molecular weight excluding hydrogens is 234 g/mol. The minimum Gasteiger partial charge on any atom is -0.355 e. The highest BCUT2D eigenvalue weighted by atomic mass is 32.2. The minimum absolute atomic E-state index is 0.187. The summed E-state index contributed by atoms with van der Waals surface area (Å²) in [5.41, 5.74) is 0. The van der Waals surface area contributed by atoms with Crippen molar-refractivity contribution in [3.8, 4) is 0 Å². The molecule has 1 heterocycles. The van der Waals surface area contributed by atoms with E-state index >= 15 is 0 Å². The van der Waals surface area contributed by atoms with Crippen molar-refractivity contribution in [2.45, 2.75) is 24.5 Å². The lowest BCUT2D eigenvalue weighted by atomic mass is 10.2. The largest absolute Gasteiger partial charge is 0.355 e. The summed E-state index contributed by atoms with van der Waals surface area (Å²) < 4.78 is 0. The fraction of sp³-hybridized carbons (Fsp3) is 0.917. The summed E-state index contributed by atoms with van der Waals surface area (Å²) in [6.45, 7) is 4.02. The Labute approximate surface area is 109 Å². The number of thioether (sulfide) groups is 1. The van der Waals surface area contributed by atoms with E-state index in [0.29, 0.717) is 11.0 Å². The first-order chi connectivity index (χ1) is 8.18. The van der Waals surface area contributed by atoms with Crippen molar-refractivity contribution in [3.63, 3.8) is 0 Å². The maximum absolute atomic E-state index is 11.6. The van der Waals surface area contributed by atoms with Gasteiger partial charge in [0.15, 0.2) is 0 Å². The standard InChI is InChI=1S/C12H25N3OS/c1-15(2)9-3-6-14-12(16)10-17-11-4-7-13-8-5-11/h11,13H,3-10H2,1-2H3,(H,14,16). The van der Waals surface area contributed by atoms with Crippen LogP contribution in [0.25, 0.3) is 0 Å². The molecule has 5 heteroatoms. The zero-order chi connectivity index (χ0) is 12.5. The maximum Gasteiger partial charge on any atom is 0.230 e. The van der Waals surface area contributed by atoms with Gasteiger partial charge in [-0.2, -0.15) is 0 Å². The van der Waals surface area contributed by atoms with E-state index in [1.54, 1.807) is 0 Å². The Morgan fingerprint density at radius 1 is 1.41 bits per heavy atom. The Morgan fingerprint density at radius 2 is 2.12 bits per heavy atom. The van der Waals surface area contributed by atoms with Crippen LogP contribution >= 0.6 is 11.8 Å². The molecule has 0 saturated carbocycles. The molecule has 1 saturated heterocycles. The van der Waals surface area contributed by atoms with E-state index in [2.05, 4.69) is 29.6 Å². The van der Waals surface area contributed by atoms with Gasteiger partial charge in [0.05, 0.1) is 5.75 Å². The molecule has 100 valence electrons. The van der Waals surface area contributed by atoms with Crippen LogP contribution in [0.3, 0.4) is 0 Å². The first-order valence-electron chi connectivity index (χ1n) is 6.42. The van der Waals surface area contributed by atoms with Gasteiger partial charge in [-0.25, -0.2) is 0 Å². The van der Waals surface area contributed by atoms with Gasteiger partial charge in [0.25, 0.3) is 0 Å². The summed E-state index contributed by atoms with van der Waals surface area (Å²) >= 11 is 1.81. The topological polar surface area (TPSA) is 44.4 Å². The van der Waals surface area contributed by atoms with Crippen LogP contribution in [0.2, 0.25) is 0 Å². The molecule has 17 heavy (non-hydrogen) atoms. The van der Waals surface area contributed by atoms with Gasteiger partial charge < -0.3 is 15.5 Å². The predicted molar refractivity (Wildman–Crippen MR) is 74.5 cm³/mol. The quantitative estimate of drug-likeness (QED) is 0.655. The van der Waals surface area contributed by atoms with E-state index in [1.165, 1.54) is 12.8 Å². The Morgan fingerprint density at radius 3 is 2.76 bits per heavy atom. The third-order valence-corrected chi connectivity index (χ3v) is 4.21. The number of carbonyl (C=O) groups excluding carboxylic acids is 1. The van der Waals surface area contributed by atoms with E-state index in [1.807, 2.05) is 11.8 Å². The van der Waals surface area contributed by atoms with Crippen LogP contribution in [-0.2, 0) is 4.79 Å². The fourth-order valence-electron chi connectivity index (χ4n) is 1.83.